The number of sulfonamides is 1. The monoisotopic (exact) mass is 451 g/mol. The van der Waals surface area contributed by atoms with Crippen molar-refractivity contribution in [2.75, 3.05) is 38.1 Å². The fourth-order valence-corrected chi connectivity index (χ4v) is 5.09. The number of carbonyl (C=O) groups is 1. The zero-order valence-corrected chi connectivity index (χ0v) is 18.6. The minimum Gasteiger partial charge on any atom is -0.495 e. The Labute approximate surface area is 182 Å². The van der Waals surface area contributed by atoms with E-state index in [0.717, 1.165) is 30.2 Å². The predicted molar refractivity (Wildman–Crippen MR) is 118 cm³/mol. The second-order valence-electron chi connectivity index (χ2n) is 7.29. The average Bonchev–Trinajstić information content (AvgIpc) is 2.74. The number of likely N-dealkylation sites (tertiary alicyclic amines) is 1. The van der Waals surface area contributed by atoms with Crippen LogP contribution in [0.25, 0.3) is 0 Å². The summed E-state index contributed by atoms with van der Waals surface area (Å²) in [5, 5.41) is 3.23. The van der Waals surface area contributed by atoms with Crippen LogP contribution in [0.5, 0.6) is 5.75 Å². The molecule has 0 aromatic heterocycles. The van der Waals surface area contributed by atoms with Gasteiger partial charge in [-0.1, -0.05) is 29.8 Å². The van der Waals surface area contributed by atoms with Crippen molar-refractivity contribution >= 4 is 33.2 Å². The number of rotatable bonds is 7. The van der Waals surface area contributed by atoms with Gasteiger partial charge in [0, 0.05) is 6.04 Å². The molecule has 1 saturated heterocycles. The molecule has 9 heteroatoms. The summed E-state index contributed by atoms with van der Waals surface area (Å²) in [7, 11) is -0.448. The van der Waals surface area contributed by atoms with Gasteiger partial charge in [0.05, 0.1) is 22.7 Å². The first kappa shape index (κ1) is 22.4. The lowest BCUT2D eigenvalue weighted by Crippen LogP contribution is -2.47. The summed E-state index contributed by atoms with van der Waals surface area (Å²) in [5.74, 6) is 0.0734. The molecule has 0 radical (unpaired) electrons. The van der Waals surface area contributed by atoms with E-state index in [-0.39, 0.29) is 28.4 Å². The van der Waals surface area contributed by atoms with E-state index < -0.39 is 10.0 Å². The Morgan fingerprint density at radius 1 is 1.20 bits per heavy atom. The van der Waals surface area contributed by atoms with Crippen molar-refractivity contribution in [3.8, 4) is 5.75 Å². The molecule has 1 amide bonds. The first-order valence-corrected chi connectivity index (χ1v) is 11.5. The number of amides is 1. The third-order valence-corrected chi connectivity index (χ3v) is 7.21. The Kier molecular flexibility index (Phi) is 7.23. The minimum absolute atomic E-state index is 0.0365. The van der Waals surface area contributed by atoms with Crippen molar-refractivity contribution in [1.82, 2.24) is 10.2 Å². The Morgan fingerprint density at radius 2 is 1.87 bits per heavy atom. The van der Waals surface area contributed by atoms with Crippen LogP contribution in [0.2, 0.25) is 5.02 Å². The number of halogens is 1. The predicted octanol–water partition coefficient (Wildman–Crippen LogP) is 2.75. The van der Waals surface area contributed by atoms with Crippen LogP contribution < -0.4 is 14.4 Å². The molecule has 1 heterocycles. The number of piperidine rings is 1. The standard InChI is InChI=1S/C21H26ClN3O4S/c1-24-12-10-16(11-13-24)23-21(26)15-25(17-8-9-20(29-2)19(22)14-17)30(27,28)18-6-4-3-5-7-18/h3-9,14,16H,10-13,15H2,1-2H3,(H,23,26). The van der Waals surface area contributed by atoms with Gasteiger partial charge >= 0.3 is 0 Å². The van der Waals surface area contributed by atoms with Crippen LogP contribution in [0.15, 0.2) is 53.4 Å². The van der Waals surface area contributed by atoms with Crippen molar-refractivity contribution in [2.45, 2.75) is 23.8 Å². The van der Waals surface area contributed by atoms with Gasteiger partial charge in [-0.2, -0.15) is 0 Å². The number of hydrogen-bond acceptors (Lipinski definition) is 5. The number of nitrogens with one attached hydrogen (secondary N) is 1. The first-order valence-electron chi connectivity index (χ1n) is 9.70. The molecule has 0 atom stereocenters. The second-order valence-corrected chi connectivity index (χ2v) is 9.56. The highest BCUT2D eigenvalue weighted by Gasteiger charge is 2.29. The normalized spacial score (nSPS) is 15.6. The molecule has 0 saturated carbocycles. The smallest absolute Gasteiger partial charge is 0.264 e. The van der Waals surface area contributed by atoms with E-state index in [4.69, 9.17) is 16.3 Å². The fraction of sp³-hybridized carbons (Fsp3) is 0.381. The zero-order chi connectivity index (χ0) is 21.7. The molecular formula is C21H26ClN3O4S. The molecule has 1 aliphatic heterocycles. The molecule has 2 aromatic rings. The zero-order valence-electron chi connectivity index (χ0n) is 17.0. The SMILES string of the molecule is COc1ccc(N(CC(=O)NC2CCN(C)CC2)S(=O)(=O)c2ccccc2)cc1Cl. The van der Waals surface area contributed by atoms with E-state index in [9.17, 15) is 13.2 Å². The van der Waals surface area contributed by atoms with Crippen molar-refractivity contribution in [2.24, 2.45) is 0 Å². The number of carbonyl (C=O) groups excluding carboxylic acids is 1. The number of hydrogen-bond donors (Lipinski definition) is 1. The molecule has 0 spiro atoms. The highest BCUT2D eigenvalue weighted by Crippen LogP contribution is 2.31. The van der Waals surface area contributed by atoms with Crippen molar-refractivity contribution in [1.29, 1.82) is 0 Å². The van der Waals surface area contributed by atoms with Gasteiger partial charge in [0.15, 0.2) is 0 Å². The number of benzene rings is 2. The lowest BCUT2D eigenvalue weighted by atomic mass is 10.1. The van der Waals surface area contributed by atoms with Crippen molar-refractivity contribution < 1.29 is 17.9 Å². The molecule has 1 fully saturated rings. The third-order valence-electron chi connectivity index (χ3n) is 5.13. The van der Waals surface area contributed by atoms with Gasteiger partial charge in [0.25, 0.3) is 10.0 Å². The molecule has 1 aliphatic rings. The van der Waals surface area contributed by atoms with Crippen LogP contribution in [0, 0.1) is 0 Å². The summed E-state index contributed by atoms with van der Waals surface area (Å²) in [4.78, 5) is 15.1. The molecular weight excluding hydrogens is 426 g/mol. The Hall–Kier alpha value is -2.29. The van der Waals surface area contributed by atoms with E-state index in [0.29, 0.717) is 11.4 Å². The molecule has 1 N–H and O–H groups in total. The van der Waals surface area contributed by atoms with Crippen LogP contribution in [0.3, 0.4) is 0 Å². The maximum Gasteiger partial charge on any atom is 0.264 e. The third kappa shape index (κ3) is 5.24. The number of ether oxygens (including phenoxy) is 1. The van der Waals surface area contributed by atoms with Gasteiger partial charge in [-0.3, -0.25) is 9.10 Å². The van der Waals surface area contributed by atoms with Gasteiger partial charge in [0.2, 0.25) is 5.91 Å². The van der Waals surface area contributed by atoms with Gasteiger partial charge in [-0.15, -0.1) is 0 Å². The van der Waals surface area contributed by atoms with Crippen LogP contribution in [0.4, 0.5) is 5.69 Å². The topological polar surface area (TPSA) is 79.0 Å². The molecule has 0 bridgehead atoms. The summed E-state index contributed by atoms with van der Waals surface area (Å²) < 4.78 is 32.9. The molecule has 7 nitrogen and oxygen atoms in total. The largest absolute Gasteiger partial charge is 0.495 e. The average molecular weight is 452 g/mol. The molecule has 0 unspecified atom stereocenters. The molecule has 2 aromatic carbocycles. The summed E-state index contributed by atoms with van der Waals surface area (Å²) in [6.45, 7) is 1.45. The Bertz CT molecular complexity index is 977. The molecule has 162 valence electrons. The van der Waals surface area contributed by atoms with Crippen LogP contribution in [-0.2, 0) is 14.8 Å². The van der Waals surface area contributed by atoms with E-state index in [1.165, 1.54) is 25.3 Å². The van der Waals surface area contributed by atoms with E-state index in [1.54, 1.807) is 30.3 Å². The molecule has 0 aliphatic carbocycles. The van der Waals surface area contributed by atoms with Crippen LogP contribution in [0.1, 0.15) is 12.8 Å². The van der Waals surface area contributed by atoms with Gasteiger partial charge in [-0.05, 0) is 63.3 Å². The quantitative estimate of drug-likeness (QED) is 0.700. The van der Waals surface area contributed by atoms with Crippen molar-refractivity contribution in [3.05, 3.63) is 53.6 Å². The van der Waals surface area contributed by atoms with Crippen LogP contribution in [-0.4, -0.2) is 59.1 Å². The highest BCUT2D eigenvalue weighted by atomic mass is 35.5. The number of nitrogens with zero attached hydrogens (tertiary/aromatic N) is 2. The Morgan fingerprint density at radius 3 is 2.47 bits per heavy atom. The van der Waals surface area contributed by atoms with E-state index in [2.05, 4.69) is 10.2 Å². The Balaban J connectivity index is 1.88. The summed E-state index contributed by atoms with van der Waals surface area (Å²) in [5.41, 5.74) is 0.295. The maximum atomic E-state index is 13.3. The summed E-state index contributed by atoms with van der Waals surface area (Å²) in [6, 6.07) is 12.7. The lowest BCUT2D eigenvalue weighted by Gasteiger charge is -2.30. The number of anilines is 1. The van der Waals surface area contributed by atoms with Crippen LogP contribution >= 0.6 is 11.6 Å². The molecule has 3 rings (SSSR count). The highest BCUT2D eigenvalue weighted by molar-refractivity contribution is 7.92. The van der Waals surface area contributed by atoms with Gasteiger partial charge < -0.3 is 15.0 Å². The fourth-order valence-electron chi connectivity index (χ4n) is 3.40. The maximum absolute atomic E-state index is 13.3. The summed E-state index contributed by atoms with van der Waals surface area (Å²) >= 11 is 6.22. The van der Waals surface area contributed by atoms with E-state index in [1.807, 2.05) is 7.05 Å². The number of methoxy groups -OCH3 is 1. The first-order chi connectivity index (χ1) is 14.3. The van der Waals surface area contributed by atoms with E-state index >= 15 is 0 Å². The lowest BCUT2D eigenvalue weighted by molar-refractivity contribution is -0.120. The second kappa shape index (κ2) is 9.68. The van der Waals surface area contributed by atoms with Gasteiger partial charge in [0.1, 0.15) is 12.3 Å². The molecule has 30 heavy (non-hydrogen) atoms. The summed E-state index contributed by atoms with van der Waals surface area (Å²) in [6.07, 6.45) is 1.67. The minimum atomic E-state index is -3.97. The van der Waals surface area contributed by atoms with Gasteiger partial charge in [-0.25, -0.2) is 8.42 Å². The van der Waals surface area contributed by atoms with Crippen molar-refractivity contribution in [3.63, 3.8) is 0 Å².